The van der Waals surface area contributed by atoms with Gasteiger partial charge in [-0.05, 0) is 36.4 Å². The first-order chi connectivity index (χ1) is 8.69. The van der Waals surface area contributed by atoms with Crippen molar-refractivity contribution in [2.24, 2.45) is 0 Å². The fourth-order valence-electron chi connectivity index (χ4n) is 1.38. The summed E-state index contributed by atoms with van der Waals surface area (Å²) in [5, 5.41) is 11.7. The number of benzene rings is 1. The number of rotatable bonds is 4. The smallest absolute Gasteiger partial charge is 0.329 e. The molecule has 0 aliphatic rings. The number of ether oxygens (including phenoxy) is 1. The zero-order chi connectivity index (χ0) is 13.0. The molecule has 2 aromatic rings. The number of nitrogens with two attached hydrogens (primary N) is 1. The summed E-state index contributed by atoms with van der Waals surface area (Å²) in [5.74, 6) is 0.0538. The van der Waals surface area contributed by atoms with Crippen LogP contribution in [0.15, 0.2) is 24.3 Å². The molecule has 0 radical (unpaired) electrons. The van der Waals surface area contributed by atoms with Gasteiger partial charge in [0.1, 0.15) is 0 Å². The maximum Gasteiger partial charge on any atom is 0.329 e. The van der Waals surface area contributed by atoms with Crippen LogP contribution in [-0.4, -0.2) is 32.8 Å². The number of nitrogens with zero attached hydrogens (tertiary/aromatic N) is 4. The van der Waals surface area contributed by atoms with Gasteiger partial charge in [-0.15, -0.1) is 10.2 Å². The first-order valence-electron chi connectivity index (χ1n) is 5.48. The van der Waals surface area contributed by atoms with Crippen LogP contribution in [0.2, 0.25) is 0 Å². The van der Waals surface area contributed by atoms with Crippen LogP contribution in [0.4, 0.5) is 5.69 Å². The molecule has 0 aliphatic carbocycles. The molecule has 0 amide bonds. The summed E-state index contributed by atoms with van der Waals surface area (Å²) in [7, 11) is 0. The summed E-state index contributed by atoms with van der Waals surface area (Å²) in [4.78, 5) is 12.4. The van der Waals surface area contributed by atoms with Crippen LogP contribution < -0.4 is 5.73 Å². The predicted molar refractivity (Wildman–Crippen MR) is 64.3 cm³/mol. The predicted octanol–water partition coefficient (Wildman–Crippen LogP) is 0.485. The van der Waals surface area contributed by atoms with E-state index in [0.29, 0.717) is 18.1 Å². The van der Waals surface area contributed by atoms with Crippen LogP contribution in [0.25, 0.3) is 11.4 Å². The van der Waals surface area contributed by atoms with E-state index in [1.807, 2.05) is 0 Å². The lowest BCUT2D eigenvalue weighted by Crippen LogP contribution is -2.15. The van der Waals surface area contributed by atoms with E-state index in [1.165, 1.54) is 4.80 Å². The van der Waals surface area contributed by atoms with Crippen molar-refractivity contribution in [2.75, 3.05) is 12.3 Å². The Balaban J connectivity index is 2.10. The number of anilines is 1. The van der Waals surface area contributed by atoms with Crippen molar-refractivity contribution in [3.05, 3.63) is 24.3 Å². The highest BCUT2D eigenvalue weighted by Crippen LogP contribution is 2.14. The van der Waals surface area contributed by atoms with Crippen molar-refractivity contribution in [3.63, 3.8) is 0 Å². The summed E-state index contributed by atoms with van der Waals surface area (Å²) in [6.45, 7) is 2.03. The molecule has 0 spiro atoms. The third-order valence-electron chi connectivity index (χ3n) is 2.20. The maximum absolute atomic E-state index is 11.2. The van der Waals surface area contributed by atoms with Crippen molar-refractivity contribution < 1.29 is 9.53 Å². The minimum absolute atomic E-state index is 0.0458. The first kappa shape index (κ1) is 12.0. The third-order valence-corrected chi connectivity index (χ3v) is 2.20. The number of hydrogen-bond donors (Lipinski definition) is 1. The van der Waals surface area contributed by atoms with Gasteiger partial charge >= 0.3 is 5.97 Å². The maximum atomic E-state index is 11.2. The molecular weight excluding hydrogens is 234 g/mol. The molecule has 2 rings (SSSR count). The largest absolute Gasteiger partial charge is 0.465 e. The Labute approximate surface area is 104 Å². The average molecular weight is 247 g/mol. The molecule has 0 unspecified atom stereocenters. The fraction of sp³-hybridized carbons (Fsp3) is 0.273. The number of esters is 1. The van der Waals surface area contributed by atoms with E-state index in [4.69, 9.17) is 10.5 Å². The van der Waals surface area contributed by atoms with Crippen LogP contribution in [0.1, 0.15) is 6.92 Å². The summed E-state index contributed by atoms with van der Waals surface area (Å²) in [6.07, 6.45) is 0. The molecule has 2 N–H and O–H groups in total. The van der Waals surface area contributed by atoms with Crippen molar-refractivity contribution in [1.82, 2.24) is 20.2 Å². The second-order valence-corrected chi connectivity index (χ2v) is 3.57. The van der Waals surface area contributed by atoms with Gasteiger partial charge in [-0.3, -0.25) is 0 Å². The molecule has 0 fully saturated rings. The van der Waals surface area contributed by atoms with Crippen LogP contribution in [0.5, 0.6) is 0 Å². The van der Waals surface area contributed by atoms with Gasteiger partial charge in [0.05, 0.1) is 6.61 Å². The third kappa shape index (κ3) is 2.82. The zero-order valence-electron chi connectivity index (χ0n) is 9.91. The Morgan fingerprint density at radius 2 is 2.11 bits per heavy atom. The number of hydrogen-bond acceptors (Lipinski definition) is 6. The molecule has 0 aliphatic heterocycles. The Morgan fingerprint density at radius 3 is 2.78 bits per heavy atom. The number of aromatic nitrogens is 4. The number of nitrogen functional groups attached to an aromatic ring is 1. The SMILES string of the molecule is CCOC(=O)Cn1nnc(-c2ccc(N)cc2)n1. The second kappa shape index (κ2) is 5.26. The van der Waals surface area contributed by atoms with Gasteiger partial charge in [0.15, 0.2) is 6.54 Å². The number of carbonyl (C=O) groups is 1. The van der Waals surface area contributed by atoms with Crippen molar-refractivity contribution in [3.8, 4) is 11.4 Å². The molecule has 7 heteroatoms. The Kier molecular flexibility index (Phi) is 3.52. The van der Waals surface area contributed by atoms with E-state index < -0.39 is 5.97 Å². The summed E-state index contributed by atoms with van der Waals surface area (Å²) < 4.78 is 4.79. The monoisotopic (exact) mass is 247 g/mol. The first-order valence-corrected chi connectivity index (χ1v) is 5.48. The topological polar surface area (TPSA) is 95.9 Å². The van der Waals surface area contributed by atoms with E-state index in [1.54, 1.807) is 31.2 Å². The van der Waals surface area contributed by atoms with Gasteiger partial charge in [0.25, 0.3) is 0 Å². The highest BCUT2D eigenvalue weighted by molar-refractivity contribution is 5.68. The molecular formula is C11H13N5O2. The van der Waals surface area contributed by atoms with Crippen molar-refractivity contribution in [1.29, 1.82) is 0 Å². The van der Waals surface area contributed by atoms with E-state index in [9.17, 15) is 4.79 Å². The molecule has 1 aromatic carbocycles. The average Bonchev–Trinajstić information content (AvgIpc) is 2.78. The highest BCUT2D eigenvalue weighted by Gasteiger charge is 2.09. The Morgan fingerprint density at radius 1 is 1.39 bits per heavy atom. The zero-order valence-corrected chi connectivity index (χ0v) is 9.91. The quantitative estimate of drug-likeness (QED) is 0.623. The van der Waals surface area contributed by atoms with Crippen molar-refractivity contribution in [2.45, 2.75) is 13.5 Å². The number of carbonyl (C=O) groups excluding carboxylic acids is 1. The van der Waals surface area contributed by atoms with Gasteiger partial charge in [-0.25, -0.2) is 4.79 Å². The van der Waals surface area contributed by atoms with E-state index in [0.717, 1.165) is 5.56 Å². The van der Waals surface area contributed by atoms with Crippen LogP contribution in [0, 0.1) is 0 Å². The molecule has 0 saturated carbocycles. The van der Waals surface area contributed by atoms with Crippen LogP contribution >= 0.6 is 0 Å². The Bertz CT molecular complexity index is 535. The highest BCUT2D eigenvalue weighted by atomic mass is 16.5. The van der Waals surface area contributed by atoms with Crippen LogP contribution in [-0.2, 0) is 16.1 Å². The fourth-order valence-corrected chi connectivity index (χ4v) is 1.38. The van der Waals surface area contributed by atoms with E-state index in [2.05, 4.69) is 15.4 Å². The van der Waals surface area contributed by atoms with Gasteiger partial charge in [0, 0.05) is 11.3 Å². The molecule has 0 atom stereocenters. The summed E-state index contributed by atoms with van der Waals surface area (Å²) in [6, 6.07) is 7.09. The molecule has 0 bridgehead atoms. The molecule has 18 heavy (non-hydrogen) atoms. The van der Waals surface area contributed by atoms with Gasteiger partial charge < -0.3 is 10.5 Å². The Hall–Kier alpha value is -2.44. The molecule has 1 heterocycles. The second-order valence-electron chi connectivity index (χ2n) is 3.57. The lowest BCUT2D eigenvalue weighted by Gasteiger charge is -1.99. The van der Waals surface area contributed by atoms with Crippen LogP contribution in [0.3, 0.4) is 0 Å². The van der Waals surface area contributed by atoms with Gasteiger partial charge in [0.2, 0.25) is 5.82 Å². The number of tetrazole rings is 1. The lowest BCUT2D eigenvalue weighted by atomic mass is 10.2. The molecule has 7 nitrogen and oxygen atoms in total. The van der Waals surface area contributed by atoms with Gasteiger partial charge in [-0.1, -0.05) is 0 Å². The minimum Gasteiger partial charge on any atom is -0.465 e. The lowest BCUT2D eigenvalue weighted by molar-refractivity contribution is -0.144. The summed E-state index contributed by atoms with van der Waals surface area (Å²) in [5.41, 5.74) is 7.04. The minimum atomic E-state index is -0.390. The summed E-state index contributed by atoms with van der Waals surface area (Å²) >= 11 is 0. The normalized spacial score (nSPS) is 10.3. The van der Waals surface area contributed by atoms with Gasteiger partial charge in [-0.2, -0.15) is 4.80 Å². The van der Waals surface area contributed by atoms with E-state index >= 15 is 0 Å². The van der Waals surface area contributed by atoms with E-state index in [-0.39, 0.29) is 6.54 Å². The standard InChI is InChI=1S/C11H13N5O2/c1-2-18-10(17)7-16-14-11(13-15-16)8-3-5-9(12)6-4-8/h3-6H,2,7,12H2,1H3. The van der Waals surface area contributed by atoms with Crippen molar-refractivity contribution >= 4 is 11.7 Å². The molecule has 0 saturated heterocycles. The molecule has 1 aromatic heterocycles. The molecule has 94 valence electrons.